The van der Waals surface area contributed by atoms with Crippen LogP contribution >= 0.6 is 0 Å². The first-order valence-electron chi connectivity index (χ1n) is 16.0. The number of primary amides is 1. The van der Waals surface area contributed by atoms with E-state index >= 15 is 0 Å². The molecule has 10 nitrogen and oxygen atoms in total. The van der Waals surface area contributed by atoms with Crippen molar-refractivity contribution in [3.63, 3.8) is 0 Å². The number of fused-ring (bicyclic) bond motifs is 3. The molecule has 0 saturated carbocycles. The molecule has 1 amide bonds. The number of carbonyl (C=O) groups is 3. The number of phenols is 1. The van der Waals surface area contributed by atoms with E-state index in [-0.39, 0.29) is 65.3 Å². The third-order valence-electron chi connectivity index (χ3n) is 10.3. The van der Waals surface area contributed by atoms with Gasteiger partial charge >= 0.3 is 6.18 Å². The fourth-order valence-corrected chi connectivity index (χ4v) is 8.67. The summed E-state index contributed by atoms with van der Waals surface area (Å²) in [7, 11) is 7.78. The van der Waals surface area contributed by atoms with Crippen LogP contribution in [0.5, 0.6) is 5.75 Å². The highest BCUT2D eigenvalue weighted by Crippen LogP contribution is 2.57. The molecule has 13 heteroatoms. The molecule has 5 unspecified atom stereocenters. The summed E-state index contributed by atoms with van der Waals surface area (Å²) >= 11 is 0. The number of hydrogen-bond donors (Lipinski definition) is 2. The lowest BCUT2D eigenvalue weighted by atomic mass is 9.56. The van der Waals surface area contributed by atoms with E-state index in [0.29, 0.717) is 26.2 Å². The normalized spacial score (nSPS) is 27.8. The summed E-state index contributed by atoms with van der Waals surface area (Å²) in [6, 6.07) is 0.0950. The van der Waals surface area contributed by atoms with Crippen molar-refractivity contribution in [1.29, 1.82) is 0 Å². The lowest BCUT2D eigenvalue weighted by Gasteiger charge is -2.54. The Bertz CT molecular complexity index is 1530. The van der Waals surface area contributed by atoms with Crippen molar-refractivity contribution in [3.8, 4) is 5.75 Å². The number of Topliss-reactive ketones (excluding diaryl/α,β-unsaturated/α-hetero) is 2. The van der Waals surface area contributed by atoms with Crippen LogP contribution in [0.2, 0.25) is 0 Å². The molecular weight excluding hydrogens is 619 g/mol. The van der Waals surface area contributed by atoms with Crippen LogP contribution in [0, 0.1) is 17.8 Å². The quantitative estimate of drug-likeness (QED) is 0.361. The van der Waals surface area contributed by atoms with Gasteiger partial charge in [0.25, 0.3) is 5.91 Å². The van der Waals surface area contributed by atoms with Gasteiger partial charge in [0.15, 0.2) is 17.2 Å². The molecule has 0 aromatic heterocycles. The van der Waals surface area contributed by atoms with E-state index in [2.05, 4.69) is 0 Å². The average Bonchev–Trinajstić information content (AvgIpc) is 3.47. The number of alkyl halides is 3. The number of hydrogen-bond acceptors (Lipinski definition) is 9. The fourth-order valence-electron chi connectivity index (χ4n) is 8.67. The standard InChI is InChI=1S/C34H44F3N3O7/c1-7-8-21-26(32(38)44)30(43)28(39(2)3)22-12-18-11-20-25(29(42)24(18)31(45-5)33(21,22)46-6)23(41)13-19(27(20)34(35,36)37)15-40(4)14-17-9-10-47-16-17/h13,17-18,22,28,41H,7-12,14-16H2,1-6H3,(H2,38,44). The molecule has 3 N–H and O–H groups in total. The van der Waals surface area contributed by atoms with Crippen molar-refractivity contribution in [2.24, 2.45) is 23.5 Å². The lowest BCUT2D eigenvalue weighted by Crippen LogP contribution is -2.63. The molecule has 3 aliphatic carbocycles. The van der Waals surface area contributed by atoms with Gasteiger partial charge in [-0.25, -0.2) is 0 Å². The maximum Gasteiger partial charge on any atom is 0.417 e. The number of ether oxygens (including phenoxy) is 3. The second kappa shape index (κ2) is 13.0. The molecule has 0 spiro atoms. The van der Waals surface area contributed by atoms with E-state index in [0.717, 1.165) is 12.5 Å². The number of methoxy groups -OCH3 is 2. The molecule has 47 heavy (non-hydrogen) atoms. The Balaban J connectivity index is 1.73. The van der Waals surface area contributed by atoms with Crippen molar-refractivity contribution in [2.45, 2.75) is 63.4 Å². The molecule has 1 saturated heterocycles. The average molecular weight is 664 g/mol. The van der Waals surface area contributed by atoms with Crippen molar-refractivity contribution >= 4 is 17.5 Å². The van der Waals surface area contributed by atoms with Gasteiger partial charge in [0.05, 0.1) is 36.5 Å². The largest absolute Gasteiger partial charge is 0.507 e. The fraction of sp³-hybridized carbons (Fsp3) is 0.618. The monoisotopic (exact) mass is 663 g/mol. The Morgan fingerprint density at radius 3 is 2.45 bits per heavy atom. The minimum Gasteiger partial charge on any atom is -0.507 e. The molecule has 5 atom stereocenters. The maximum atomic E-state index is 15.0. The molecule has 258 valence electrons. The molecule has 1 aliphatic heterocycles. The van der Waals surface area contributed by atoms with Crippen LogP contribution in [-0.2, 0) is 42.9 Å². The zero-order chi connectivity index (χ0) is 34.6. The highest BCUT2D eigenvalue weighted by molar-refractivity contribution is 6.22. The first-order chi connectivity index (χ1) is 22.1. The summed E-state index contributed by atoms with van der Waals surface area (Å²) in [6.07, 6.45) is -3.43. The number of aromatic hydroxyl groups is 1. The van der Waals surface area contributed by atoms with Gasteiger partial charge in [0.2, 0.25) is 0 Å². The van der Waals surface area contributed by atoms with E-state index in [1.807, 2.05) is 6.92 Å². The molecule has 1 heterocycles. The summed E-state index contributed by atoms with van der Waals surface area (Å²) < 4.78 is 62.6. The Hall–Kier alpha value is -3.26. The van der Waals surface area contributed by atoms with Crippen LogP contribution in [0.3, 0.4) is 0 Å². The van der Waals surface area contributed by atoms with Crippen molar-refractivity contribution < 1.29 is 46.9 Å². The highest BCUT2D eigenvalue weighted by atomic mass is 19.4. The Labute approximate surface area is 272 Å². The van der Waals surface area contributed by atoms with Crippen LogP contribution in [-0.4, -0.2) is 99.1 Å². The molecule has 1 fully saturated rings. The van der Waals surface area contributed by atoms with Crippen LogP contribution in [0.1, 0.15) is 59.7 Å². The van der Waals surface area contributed by atoms with Crippen LogP contribution in [0.25, 0.3) is 0 Å². The van der Waals surface area contributed by atoms with Gasteiger partial charge in [0, 0.05) is 38.3 Å². The number of benzene rings is 1. The zero-order valence-corrected chi connectivity index (χ0v) is 27.8. The van der Waals surface area contributed by atoms with Gasteiger partial charge in [-0.3, -0.25) is 19.3 Å². The third-order valence-corrected chi connectivity index (χ3v) is 10.3. The second-order valence-electron chi connectivity index (χ2n) is 13.4. The molecule has 1 aromatic carbocycles. The number of rotatable bonds is 10. The van der Waals surface area contributed by atoms with E-state index < -0.39 is 64.0 Å². The Kier molecular flexibility index (Phi) is 9.68. The smallest absolute Gasteiger partial charge is 0.417 e. The Morgan fingerprint density at radius 1 is 1.21 bits per heavy atom. The molecule has 0 radical (unpaired) electrons. The summed E-state index contributed by atoms with van der Waals surface area (Å²) in [6.45, 7) is 3.43. The first kappa shape index (κ1) is 35.1. The predicted octanol–water partition coefficient (Wildman–Crippen LogP) is 3.63. The van der Waals surface area contributed by atoms with Crippen molar-refractivity contribution in [1.82, 2.24) is 9.80 Å². The van der Waals surface area contributed by atoms with Gasteiger partial charge in [-0.1, -0.05) is 13.3 Å². The van der Waals surface area contributed by atoms with Gasteiger partial charge in [-0.2, -0.15) is 13.2 Å². The number of likely N-dealkylation sites (N-methyl/N-ethyl adjacent to an activating group) is 1. The van der Waals surface area contributed by atoms with Crippen LogP contribution in [0.15, 0.2) is 28.5 Å². The van der Waals surface area contributed by atoms with Crippen molar-refractivity contribution in [3.05, 3.63) is 50.8 Å². The Morgan fingerprint density at radius 2 is 1.91 bits per heavy atom. The number of carbonyl (C=O) groups excluding carboxylic acids is 3. The van der Waals surface area contributed by atoms with E-state index in [1.165, 1.54) is 14.2 Å². The van der Waals surface area contributed by atoms with E-state index in [4.69, 9.17) is 19.9 Å². The number of ketones is 2. The van der Waals surface area contributed by atoms with Gasteiger partial charge in [0.1, 0.15) is 11.5 Å². The minimum absolute atomic E-state index is 0.0222. The SMILES string of the molecule is CCCC1=C(C(N)=O)C(=O)C(N(C)C)C2CC3Cc4c(c(O)cc(CN(C)CC5CCOC5)c4C(F)(F)F)C(=O)C3=C(OC)C12OC. The third kappa shape index (κ3) is 5.68. The topological polar surface area (TPSA) is 132 Å². The number of allylic oxidation sites excluding steroid dienone is 1. The summed E-state index contributed by atoms with van der Waals surface area (Å²) in [5.41, 5.74) is 2.60. The van der Waals surface area contributed by atoms with Gasteiger partial charge < -0.3 is 30.0 Å². The number of nitrogens with zero attached hydrogens (tertiary/aromatic N) is 2. The highest BCUT2D eigenvalue weighted by Gasteiger charge is 2.63. The van der Waals surface area contributed by atoms with Gasteiger partial charge in [-0.15, -0.1) is 0 Å². The number of amides is 1. The van der Waals surface area contributed by atoms with E-state index in [9.17, 15) is 32.7 Å². The number of phenolic OH excluding ortho intramolecular Hbond substituents is 1. The summed E-state index contributed by atoms with van der Waals surface area (Å²) in [5, 5.41) is 11.3. The van der Waals surface area contributed by atoms with E-state index in [1.54, 1.807) is 30.9 Å². The molecule has 0 bridgehead atoms. The zero-order valence-electron chi connectivity index (χ0n) is 27.8. The summed E-state index contributed by atoms with van der Waals surface area (Å²) in [5.74, 6) is -4.11. The van der Waals surface area contributed by atoms with Crippen LogP contribution in [0.4, 0.5) is 13.2 Å². The molecule has 1 aromatic rings. The maximum absolute atomic E-state index is 15.0. The minimum atomic E-state index is -4.82. The van der Waals surface area contributed by atoms with Gasteiger partial charge in [-0.05, 0) is 81.4 Å². The number of halogens is 3. The predicted molar refractivity (Wildman–Crippen MR) is 165 cm³/mol. The second-order valence-corrected chi connectivity index (χ2v) is 13.4. The first-order valence-corrected chi connectivity index (χ1v) is 16.0. The van der Waals surface area contributed by atoms with Crippen molar-refractivity contribution in [2.75, 3.05) is 55.1 Å². The number of nitrogens with two attached hydrogens (primary N) is 1. The molecule has 5 rings (SSSR count). The molecular formula is C34H44F3N3O7. The molecule has 4 aliphatic rings. The lowest BCUT2D eigenvalue weighted by molar-refractivity contribution is -0.139. The summed E-state index contributed by atoms with van der Waals surface area (Å²) in [4.78, 5) is 44.6. The van der Waals surface area contributed by atoms with Crippen LogP contribution < -0.4 is 5.73 Å².